The summed E-state index contributed by atoms with van der Waals surface area (Å²) in [5, 5.41) is -0.404. The number of H-pyrrole nitrogens is 1. The normalized spacial score (nSPS) is 59.4. The quantitative estimate of drug-likeness (QED) is 0.867. The predicted molar refractivity (Wildman–Crippen MR) is 81.3 cm³/mol. The fourth-order valence-electron chi connectivity index (χ4n) is 2.05. The molecule has 1 unspecified atom stereocenters. The summed E-state index contributed by atoms with van der Waals surface area (Å²) in [5.74, 6) is -1.75. The third-order valence-corrected chi connectivity index (χ3v) is 3.13. The molecular weight excluding hydrogens is 264 g/mol. The lowest BCUT2D eigenvalue weighted by molar-refractivity contribution is -0.000258. The van der Waals surface area contributed by atoms with Crippen molar-refractivity contribution in [1.29, 1.82) is 0 Å². The Kier molecular flexibility index (Phi) is 1.07. The number of piperidine rings is 1. The number of benzene rings is 1. The summed E-state index contributed by atoms with van der Waals surface area (Å²) >= 11 is 0. The summed E-state index contributed by atoms with van der Waals surface area (Å²) in [6, 6.07) is -7.39. The van der Waals surface area contributed by atoms with Gasteiger partial charge in [-0.25, -0.2) is 4.79 Å². The zero-order chi connectivity index (χ0) is 27.8. The van der Waals surface area contributed by atoms with E-state index in [4.69, 9.17) is 25.3 Å². The van der Waals surface area contributed by atoms with Crippen molar-refractivity contribution in [1.82, 2.24) is 9.88 Å². The molecule has 4 nitrogen and oxygen atoms in total. The van der Waals surface area contributed by atoms with E-state index in [-0.39, 0.29) is 10.4 Å². The number of hydrogen-bond donors (Lipinski definition) is 1. The average molecular weight is 299 g/mol. The Bertz CT molecular complexity index is 1280. The van der Waals surface area contributed by atoms with Gasteiger partial charge in [-0.2, -0.15) is 0 Å². The van der Waals surface area contributed by atoms with Crippen molar-refractivity contribution in [3.8, 4) is 0 Å². The number of esters is 1. The molecule has 110 valence electrons. The molecule has 2 fully saturated rings. The summed E-state index contributed by atoms with van der Waals surface area (Å²) < 4.78 is 130. The molecule has 21 heavy (non-hydrogen) atoms. The predicted octanol–water partition coefficient (Wildman–Crippen LogP) is 2.95. The summed E-state index contributed by atoms with van der Waals surface area (Å²) in [7, 11) is 0.780. The van der Waals surface area contributed by atoms with Gasteiger partial charge < -0.3 is 14.6 Å². The zero-order valence-electron chi connectivity index (χ0n) is 25.8. The summed E-state index contributed by atoms with van der Waals surface area (Å²) in [4.78, 5) is 15.8. The molecule has 1 aromatic carbocycles. The smallest absolute Gasteiger partial charge is 0.340 e. The largest absolute Gasteiger partial charge is 0.459 e. The second-order valence-corrected chi connectivity index (χ2v) is 4.41. The van der Waals surface area contributed by atoms with Gasteiger partial charge in [-0.15, -0.1) is 0 Å². The number of nitrogens with zero attached hydrogens (tertiary/aromatic N) is 1. The van der Waals surface area contributed by atoms with Crippen molar-refractivity contribution in [2.24, 2.45) is 0 Å². The fraction of sp³-hybridized carbons (Fsp3) is 0.471. The van der Waals surface area contributed by atoms with Crippen LogP contribution in [0.4, 0.5) is 0 Å². The number of carbonyl (C=O) groups excluding carboxylic acids is 1. The lowest BCUT2D eigenvalue weighted by Crippen LogP contribution is -2.43. The van der Waals surface area contributed by atoms with Gasteiger partial charge in [-0.1, -0.05) is 18.2 Å². The van der Waals surface area contributed by atoms with Crippen molar-refractivity contribution in [3.05, 3.63) is 35.9 Å². The van der Waals surface area contributed by atoms with E-state index < -0.39 is 84.8 Å². The summed E-state index contributed by atoms with van der Waals surface area (Å²) in [5.41, 5.74) is -1.10. The second-order valence-electron chi connectivity index (χ2n) is 4.41. The van der Waals surface area contributed by atoms with Crippen molar-refractivity contribution < 1.29 is 30.1 Å². The number of aromatic amines is 1. The molecule has 1 N–H and O–H groups in total. The monoisotopic (exact) mass is 299 g/mol. The van der Waals surface area contributed by atoms with Crippen molar-refractivity contribution >= 4 is 16.9 Å². The minimum absolute atomic E-state index is 0.228. The third kappa shape index (κ3) is 2.14. The van der Waals surface area contributed by atoms with Gasteiger partial charge in [0, 0.05) is 55.6 Å². The molecule has 2 saturated heterocycles. The maximum atomic E-state index is 13.3. The Morgan fingerprint density at radius 1 is 1.48 bits per heavy atom. The van der Waals surface area contributed by atoms with Crippen LogP contribution in [0.15, 0.2) is 30.4 Å². The molecule has 0 radical (unpaired) electrons. The standard InChI is InChI=1S/C17H20N2O2/c1-19-11-6-7-12(19)9-13(8-11)21-17(20)15-10-18-16-5-3-2-4-14(15)16/h2-5,10-13,18H,6-9H2,1H3/t11-,12+,13?/i3D,4D,5D,6D2,7D2,8D2,9D2,10D,11D,12D,13D. The third-order valence-electron chi connectivity index (χ3n) is 3.13. The fourth-order valence-corrected chi connectivity index (χ4v) is 2.05. The van der Waals surface area contributed by atoms with Gasteiger partial charge >= 0.3 is 5.97 Å². The van der Waals surface area contributed by atoms with Crippen LogP contribution in [0.3, 0.4) is 0 Å². The van der Waals surface area contributed by atoms with Gasteiger partial charge in [0.15, 0.2) is 0 Å². The van der Waals surface area contributed by atoms with E-state index in [0.29, 0.717) is 0 Å². The summed E-state index contributed by atoms with van der Waals surface area (Å²) in [6.07, 6.45) is -19.4. The highest BCUT2D eigenvalue weighted by Crippen LogP contribution is 2.35. The number of ether oxygens (including phenoxy) is 1. The van der Waals surface area contributed by atoms with Gasteiger partial charge in [-0.3, -0.25) is 0 Å². The second kappa shape index (κ2) is 4.88. The average Bonchev–Trinajstić information content (AvgIpc) is 3.14. The first-order chi connectivity index (χ1) is 16.0. The van der Waals surface area contributed by atoms with Crippen LogP contribution in [-0.4, -0.2) is 41.0 Å². The molecule has 0 spiro atoms. The Hall–Kier alpha value is -1.81. The summed E-state index contributed by atoms with van der Waals surface area (Å²) in [6.45, 7) is 0. The number of nitrogens with one attached hydrogen (secondary N) is 1. The number of hydrogen-bond acceptors (Lipinski definition) is 3. The van der Waals surface area contributed by atoms with E-state index in [1.165, 1.54) is 0 Å². The van der Waals surface area contributed by atoms with E-state index in [9.17, 15) is 4.79 Å². The zero-order valence-corrected chi connectivity index (χ0v) is 10.8. The van der Waals surface area contributed by atoms with Gasteiger partial charge in [-0.05, 0) is 25.8 Å². The van der Waals surface area contributed by atoms with Crippen LogP contribution in [0.25, 0.3) is 10.9 Å². The molecule has 1 aromatic heterocycles. The lowest BCUT2D eigenvalue weighted by atomic mass is 10.0. The maximum absolute atomic E-state index is 13.3. The first-order valence-corrected chi connectivity index (χ1v) is 6.08. The molecule has 2 aliphatic rings. The molecule has 0 saturated carbocycles. The molecule has 4 rings (SSSR count). The highest BCUT2D eigenvalue weighted by Gasteiger charge is 2.40. The number of para-hydroxylation sites is 1. The van der Waals surface area contributed by atoms with Gasteiger partial charge in [0.2, 0.25) is 0 Å². The van der Waals surface area contributed by atoms with E-state index in [1.54, 1.807) is 0 Å². The first kappa shape index (κ1) is 4.59. The number of aromatic nitrogens is 1. The highest BCUT2D eigenvalue weighted by atomic mass is 16.5. The first-order valence-electron chi connectivity index (χ1n) is 13.6. The molecule has 0 aliphatic carbocycles. The van der Waals surface area contributed by atoms with Crippen molar-refractivity contribution in [3.63, 3.8) is 0 Å². The van der Waals surface area contributed by atoms with Crippen LogP contribution in [0.2, 0.25) is 0 Å². The van der Waals surface area contributed by atoms with Crippen molar-refractivity contribution in [2.75, 3.05) is 7.05 Å². The van der Waals surface area contributed by atoms with Gasteiger partial charge in [0.1, 0.15) is 6.08 Å². The topological polar surface area (TPSA) is 45.3 Å². The van der Waals surface area contributed by atoms with Gasteiger partial charge in [0.25, 0.3) is 0 Å². The minimum Gasteiger partial charge on any atom is -0.459 e. The van der Waals surface area contributed by atoms with E-state index in [0.717, 1.165) is 13.1 Å². The molecule has 2 bridgehead atoms. The Morgan fingerprint density at radius 2 is 2.24 bits per heavy atom. The van der Waals surface area contributed by atoms with Crippen LogP contribution < -0.4 is 0 Å². The van der Waals surface area contributed by atoms with E-state index in [2.05, 4.69) is 4.98 Å². The van der Waals surface area contributed by atoms with Crippen LogP contribution >= 0.6 is 0 Å². The molecule has 0 amide bonds. The SMILES string of the molecule is [2H]c1cc([2H])c2c(C(=O)OC3([2H])C([2H])([2H])[C@]4([2H])N(C)[C@]([2H])(C3([2H])[2H])C([2H])([2H])C4([2H])[2H])c([2H])[nH]c2c1[2H]. The Morgan fingerprint density at radius 3 is 3.00 bits per heavy atom. The molecule has 2 aromatic rings. The van der Waals surface area contributed by atoms with E-state index in [1.807, 2.05) is 0 Å². The number of carbonyl (C=O) groups is 1. The van der Waals surface area contributed by atoms with Crippen molar-refractivity contribution in [2.45, 2.75) is 43.6 Å². The molecule has 3 atom stereocenters. The van der Waals surface area contributed by atoms with E-state index >= 15 is 0 Å². The Balaban J connectivity index is 1.97. The van der Waals surface area contributed by atoms with Crippen LogP contribution in [0.1, 0.15) is 56.4 Å². The molecule has 3 heterocycles. The van der Waals surface area contributed by atoms with Gasteiger partial charge in [0.05, 0.1) is 12.4 Å². The highest BCUT2D eigenvalue weighted by molar-refractivity contribution is 6.04. The van der Waals surface area contributed by atoms with Crippen LogP contribution in [-0.2, 0) is 4.74 Å². The molecule has 4 heteroatoms. The molecule has 2 aliphatic heterocycles. The number of fused-ring (bicyclic) bond motifs is 3. The lowest BCUT2D eigenvalue weighted by Gasteiger charge is -2.35. The molecular formula is C17H20N2O2. The van der Waals surface area contributed by atoms with Crippen LogP contribution in [0, 0.1) is 0 Å². The minimum atomic E-state index is -3.90. The van der Waals surface area contributed by atoms with Crippen LogP contribution in [0.5, 0.6) is 0 Å². The Labute approximate surface area is 145 Å². The maximum Gasteiger partial charge on any atom is 0.340 e. The number of rotatable bonds is 2.